The normalized spacial score (nSPS) is 11.8. The quantitative estimate of drug-likeness (QED) is 0.892. The zero-order valence-corrected chi connectivity index (χ0v) is 13.1. The highest BCUT2D eigenvalue weighted by Crippen LogP contribution is 2.17. The molecule has 0 saturated carbocycles. The second kappa shape index (κ2) is 7.09. The maximum absolute atomic E-state index is 12.1. The number of carbonyl (C=O) groups excluding carboxylic acids is 1. The second-order valence-corrected chi connectivity index (χ2v) is 5.30. The number of hydrogen-bond acceptors (Lipinski definition) is 3. The summed E-state index contributed by atoms with van der Waals surface area (Å²) in [6.45, 7) is 4.14. The summed E-state index contributed by atoms with van der Waals surface area (Å²) in [5.41, 5.74) is 3.56. The molecule has 0 aliphatic heterocycles. The molecule has 0 radical (unpaired) electrons. The van der Waals surface area contributed by atoms with Gasteiger partial charge in [0.15, 0.2) is 0 Å². The number of amides is 1. The first-order valence-electron chi connectivity index (χ1n) is 7.18. The minimum Gasteiger partial charge on any atom is -0.497 e. The summed E-state index contributed by atoms with van der Waals surface area (Å²) in [6.07, 6.45) is -0.749. The van der Waals surface area contributed by atoms with Crippen LogP contribution in [-0.4, -0.2) is 24.7 Å². The molecule has 0 spiro atoms. The molecule has 2 N–H and O–H groups in total. The summed E-state index contributed by atoms with van der Waals surface area (Å²) < 4.78 is 5.07. The van der Waals surface area contributed by atoms with Gasteiger partial charge in [0, 0.05) is 12.1 Å². The van der Waals surface area contributed by atoms with Gasteiger partial charge in [-0.25, -0.2) is 0 Å². The number of benzene rings is 2. The average Bonchev–Trinajstić information content (AvgIpc) is 2.54. The highest BCUT2D eigenvalue weighted by atomic mass is 16.5. The van der Waals surface area contributed by atoms with Crippen molar-refractivity contribution in [2.75, 3.05) is 13.7 Å². The van der Waals surface area contributed by atoms with Crippen LogP contribution in [0, 0.1) is 13.8 Å². The number of carbonyl (C=O) groups is 1. The van der Waals surface area contributed by atoms with Crippen LogP contribution in [0.1, 0.15) is 33.2 Å². The van der Waals surface area contributed by atoms with Crippen molar-refractivity contribution in [2.24, 2.45) is 0 Å². The number of aliphatic hydroxyl groups excluding tert-OH is 1. The van der Waals surface area contributed by atoms with Gasteiger partial charge >= 0.3 is 0 Å². The van der Waals surface area contributed by atoms with E-state index in [1.807, 2.05) is 26.0 Å². The highest BCUT2D eigenvalue weighted by Gasteiger charge is 2.11. The largest absolute Gasteiger partial charge is 0.497 e. The van der Waals surface area contributed by atoms with Crippen LogP contribution in [0.5, 0.6) is 5.75 Å². The minimum atomic E-state index is -0.749. The van der Waals surface area contributed by atoms with E-state index < -0.39 is 6.10 Å². The van der Waals surface area contributed by atoms with E-state index in [0.717, 1.165) is 22.4 Å². The molecular formula is C18H21NO3. The topological polar surface area (TPSA) is 58.6 Å². The summed E-state index contributed by atoms with van der Waals surface area (Å²) in [5.74, 6) is 0.547. The Morgan fingerprint density at radius 2 is 1.82 bits per heavy atom. The number of ether oxygens (including phenoxy) is 1. The summed E-state index contributed by atoms with van der Waals surface area (Å²) >= 11 is 0. The lowest BCUT2D eigenvalue weighted by atomic mass is 10.1. The molecule has 0 fully saturated rings. The van der Waals surface area contributed by atoms with Crippen molar-refractivity contribution in [3.63, 3.8) is 0 Å². The SMILES string of the molecule is COc1ccc([C@H](O)CNC(=O)c2ccc(C)c(C)c2)cc1. The van der Waals surface area contributed by atoms with Crippen LogP contribution in [0.4, 0.5) is 0 Å². The van der Waals surface area contributed by atoms with E-state index in [1.54, 1.807) is 37.4 Å². The first kappa shape index (κ1) is 16.0. The predicted molar refractivity (Wildman–Crippen MR) is 86.2 cm³/mol. The molecule has 0 heterocycles. The van der Waals surface area contributed by atoms with Gasteiger partial charge in [0.2, 0.25) is 0 Å². The van der Waals surface area contributed by atoms with Crippen molar-refractivity contribution in [3.05, 3.63) is 64.7 Å². The molecule has 2 aromatic rings. The van der Waals surface area contributed by atoms with E-state index in [9.17, 15) is 9.90 Å². The zero-order valence-electron chi connectivity index (χ0n) is 13.1. The van der Waals surface area contributed by atoms with Crippen LogP contribution in [0.15, 0.2) is 42.5 Å². The molecule has 0 unspecified atom stereocenters. The summed E-state index contributed by atoms with van der Waals surface area (Å²) in [5, 5.41) is 12.9. The van der Waals surface area contributed by atoms with Crippen LogP contribution in [0.25, 0.3) is 0 Å². The Labute approximate surface area is 130 Å². The molecule has 116 valence electrons. The molecule has 0 aromatic heterocycles. The van der Waals surface area contributed by atoms with Crippen LogP contribution < -0.4 is 10.1 Å². The lowest BCUT2D eigenvalue weighted by molar-refractivity contribution is 0.0916. The maximum atomic E-state index is 12.1. The van der Waals surface area contributed by atoms with Crippen molar-refractivity contribution < 1.29 is 14.6 Å². The van der Waals surface area contributed by atoms with Gasteiger partial charge in [-0.05, 0) is 54.8 Å². The predicted octanol–water partition coefficient (Wildman–Crippen LogP) is 2.78. The Morgan fingerprint density at radius 1 is 1.14 bits per heavy atom. The van der Waals surface area contributed by atoms with Crippen molar-refractivity contribution in [1.82, 2.24) is 5.32 Å². The fourth-order valence-corrected chi connectivity index (χ4v) is 2.12. The lowest BCUT2D eigenvalue weighted by Crippen LogP contribution is -2.28. The molecule has 4 heteroatoms. The molecule has 1 amide bonds. The monoisotopic (exact) mass is 299 g/mol. The van der Waals surface area contributed by atoms with E-state index in [2.05, 4.69) is 5.32 Å². The van der Waals surface area contributed by atoms with Crippen molar-refractivity contribution in [2.45, 2.75) is 20.0 Å². The van der Waals surface area contributed by atoms with Gasteiger partial charge < -0.3 is 15.2 Å². The van der Waals surface area contributed by atoms with Gasteiger partial charge in [0.25, 0.3) is 5.91 Å². The third kappa shape index (κ3) is 3.86. The van der Waals surface area contributed by atoms with Gasteiger partial charge in [0.05, 0.1) is 13.2 Å². The van der Waals surface area contributed by atoms with E-state index >= 15 is 0 Å². The fraction of sp³-hybridized carbons (Fsp3) is 0.278. The number of hydrogen-bond donors (Lipinski definition) is 2. The van der Waals surface area contributed by atoms with Gasteiger partial charge in [0.1, 0.15) is 5.75 Å². The van der Waals surface area contributed by atoms with Gasteiger partial charge in [-0.1, -0.05) is 18.2 Å². The molecule has 22 heavy (non-hydrogen) atoms. The molecule has 4 nitrogen and oxygen atoms in total. The third-order valence-electron chi connectivity index (χ3n) is 3.73. The van der Waals surface area contributed by atoms with Crippen molar-refractivity contribution >= 4 is 5.91 Å². The molecule has 2 rings (SSSR count). The first-order valence-corrected chi connectivity index (χ1v) is 7.18. The molecular weight excluding hydrogens is 278 g/mol. The summed E-state index contributed by atoms with van der Waals surface area (Å²) in [6, 6.07) is 12.7. The number of rotatable bonds is 5. The Kier molecular flexibility index (Phi) is 5.17. The van der Waals surface area contributed by atoms with Gasteiger partial charge in [-0.15, -0.1) is 0 Å². The standard InChI is InChI=1S/C18H21NO3/c1-12-4-5-15(10-13(12)2)18(21)19-11-17(20)14-6-8-16(22-3)9-7-14/h4-10,17,20H,11H2,1-3H3,(H,19,21)/t17-/m1/s1. The molecule has 0 aliphatic rings. The Bertz CT molecular complexity index is 650. The molecule has 0 aliphatic carbocycles. The molecule has 1 atom stereocenters. The Hall–Kier alpha value is -2.33. The Balaban J connectivity index is 1.95. The fourth-order valence-electron chi connectivity index (χ4n) is 2.12. The van der Waals surface area contributed by atoms with Gasteiger partial charge in [-0.2, -0.15) is 0 Å². The summed E-state index contributed by atoms with van der Waals surface area (Å²) in [4.78, 5) is 12.1. The van der Waals surface area contributed by atoms with E-state index in [0.29, 0.717) is 5.56 Å². The van der Waals surface area contributed by atoms with E-state index in [4.69, 9.17) is 4.74 Å². The summed E-state index contributed by atoms with van der Waals surface area (Å²) in [7, 11) is 1.59. The third-order valence-corrected chi connectivity index (χ3v) is 3.73. The number of aliphatic hydroxyl groups is 1. The lowest BCUT2D eigenvalue weighted by Gasteiger charge is -2.13. The molecule has 2 aromatic carbocycles. The smallest absolute Gasteiger partial charge is 0.251 e. The van der Waals surface area contributed by atoms with Crippen LogP contribution in [0.2, 0.25) is 0 Å². The minimum absolute atomic E-state index is 0.165. The highest BCUT2D eigenvalue weighted by molar-refractivity contribution is 5.94. The average molecular weight is 299 g/mol. The maximum Gasteiger partial charge on any atom is 0.251 e. The van der Waals surface area contributed by atoms with Crippen molar-refractivity contribution in [3.8, 4) is 5.75 Å². The Morgan fingerprint density at radius 3 is 2.41 bits per heavy atom. The first-order chi connectivity index (χ1) is 10.5. The van der Waals surface area contributed by atoms with Gasteiger partial charge in [-0.3, -0.25) is 4.79 Å². The zero-order chi connectivity index (χ0) is 16.1. The van der Waals surface area contributed by atoms with E-state index in [1.165, 1.54) is 0 Å². The number of aryl methyl sites for hydroxylation is 2. The van der Waals surface area contributed by atoms with Crippen LogP contribution in [-0.2, 0) is 0 Å². The van der Waals surface area contributed by atoms with Crippen molar-refractivity contribution in [1.29, 1.82) is 0 Å². The molecule has 0 bridgehead atoms. The second-order valence-electron chi connectivity index (χ2n) is 5.30. The van der Waals surface area contributed by atoms with Crippen LogP contribution in [0.3, 0.4) is 0 Å². The number of nitrogens with one attached hydrogen (secondary N) is 1. The van der Waals surface area contributed by atoms with Crippen LogP contribution >= 0.6 is 0 Å². The molecule has 0 saturated heterocycles. The van der Waals surface area contributed by atoms with E-state index in [-0.39, 0.29) is 12.5 Å². The number of methoxy groups -OCH3 is 1.